The van der Waals surface area contributed by atoms with Gasteiger partial charge in [-0.15, -0.1) is 0 Å². The van der Waals surface area contributed by atoms with Crippen molar-refractivity contribution in [1.29, 1.82) is 0 Å². The maximum Gasteiger partial charge on any atom is 0.271 e. The SMILES string of the molecule is CS(=O)(=O)N(CC(=O)Nc1cc([N+](=O)[O-])ccc1Cl)c1ccccc1F. The summed E-state index contributed by atoms with van der Waals surface area (Å²) in [4.78, 5) is 22.3. The number of sulfonamides is 1. The van der Waals surface area contributed by atoms with E-state index in [4.69, 9.17) is 11.6 Å². The standard InChI is InChI=1S/C15H13ClFN3O5S/c1-26(24,25)19(14-5-3-2-4-12(14)17)9-15(21)18-13-8-10(20(22)23)6-7-11(13)16/h2-8H,9H2,1H3,(H,18,21). The molecular formula is C15H13ClFN3O5S. The normalized spacial score (nSPS) is 11.0. The second kappa shape index (κ2) is 7.67. The van der Waals surface area contributed by atoms with Gasteiger partial charge in [0.15, 0.2) is 0 Å². The highest BCUT2D eigenvalue weighted by molar-refractivity contribution is 7.92. The molecule has 0 radical (unpaired) electrons. The van der Waals surface area contributed by atoms with Crippen LogP contribution in [0, 0.1) is 15.9 Å². The molecule has 11 heteroatoms. The van der Waals surface area contributed by atoms with Crippen LogP contribution in [0.1, 0.15) is 0 Å². The summed E-state index contributed by atoms with van der Waals surface area (Å²) in [5.41, 5.74) is -0.665. The fraction of sp³-hybridized carbons (Fsp3) is 0.133. The van der Waals surface area contributed by atoms with Crippen LogP contribution in [-0.4, -0.2) is 32.0 Å². The first-order valence-corrected chi connectivity index (χ1v) is 9.28. The van der Waals surface area contributed by atoms with Crippen molar-refractivity contribution in [2.24, 2.45) is 0 Å². The molecule has 0 saturated carbocycles. The Morgan fingerprint density at radius 2 is 1.96 bits per heavy atom. The number of hydrogen-bond donors (Lipinski definition) is 1. The van der Waals surface area contributed by atoms with E-state index in [1.807, 2.05) is 0 Å². The molecule has 1 N–H and O–H groups in total. The summed E-state index contributed by atoms with van der Waals surface area (Å²) < 4.78 is 38.4. The van der Waals surface area contributed by atoms with Crippen molar-refractivity contribution in [3.05, 3.63) is 63.4 Å². The minimum atomic E-state index is -3.97. The van der Waals surface area contributed by atoms with E-state index >= 15 is 0 Å². The summed E-state index contributed by atoms with van der Waals surface area (Å²) in [5, 5.41) is 13.1. The Balaban J connectivity index is 2.28. The van der Waals surface area contributed by atoms with Crippen LogP contribution >= 0.6 is 11.6 Å². The third-order valence-electron chi connectivity index (χ3n) is 3.24. The Bertz CT molecular complexity index is 968. The highest BCUT2D eigenvalue weighted by atomic mass is 35.5. The number of nitro groups is 1. The molecule has 0 spiro atoms. The fourth-order valence-corrected chi connectivity index (χ4v) is 3.10. The summed E-state index contributed by atoms with van der Waals surface area (Å²) in [6.45, 7) is -0.737. The minimum Gasteiger partial charge on any atom is -0.323 e. The molecule has 0 aliphatic carbocycles. The van der Waals surface area contributed by atoms with E-state index in [-0.39, 0.29) is 22.1 Å². The largest absolute Gasteiger partial charge is 0.323 e. The van der Waals surface area contributed by atoms with Crippen molar-refractivity contribution in [3.8, 4) is 0 Å². The number of non-ortho nitro benzene ring substituents is 1. The van der Waals surface area contributed by atoms with Crippen LogP contribution in [0.5, 0.6) is 0 Å². The van der Waals surface area contributed by atoms with Gasteiger partial charge in [0, 0.05) is 12.1 Å². The number of anilines is 2. The van der Waals surface area contributed by atoms with Gasteiger partial charge in [0.05, 0.1) is 27.6 Å². The van der Waals surface area contributed by atoms with Crippen LogP contribution in [0.3, 0.4) is 0 Å². The van der Waals surface area contributed by atoms with Crippen molar-refractivity contribution in [2.45, 2.75) is 0 Å². The molecule has 1 amide bonds. The number of carbonyl (C=O) groups excluding carboxylic acids is 1. The number of carbonyl (C=O) groups is 1. The van der Waals surface area contributed by atoms with Gasteiger partial charge in [-0.1, -0.05) is 23.7 Å². The molecule has 0 aliphatic heterocycles. The number of hydrogen-bond acceptors (Lipinski definition) is 5. The first-order valence-electron chi connectivity index (χ1n) is 7.05. The van der Waals surface area contributed by atoms with E-state index in [1.54, 1.807) is 0 Å². The average molecular weight is 402 g/mol. The molecule has 0 bridgehead atoms. The van der Waals surface area contributed by atoms with Crippen LogP contribution in [-0.2, 0) is 14.8 Å². The van der Waals surface area contributed by atoms with Crippen LogP contribution in [0.2, 0.25) is 5.02 Å². The van der Waals surface area contributed by atoms with E-state index in [1.165, 1.54) is 24.3 Å². The Hall–Kier alpha value is -2.72. The number of para-hydroxylation sites is 1. The van der Waals surface area contributed by atoms with Crippen LogP contribution < -0.4 is 9.62 Å². The Morgan fingerprint density at radius 1 is 1.31 bits per heavy atom. The van der Waals surface area contributed by atoms with Crippen molar-refractivity contribution in [2.75, 3.05) is 22.4 Å². The van der Waals surface area contributed by atoms with Crippen molar-refractivity contribution in [1.82, 2.24) is 0 Å². The van der Waals surface area contributed by atoms with E-state index in [0.717, 1.165) is 24.5 Å². The van der Waals surface area contributed by atoms with Gasteiger partial charge in [-0.25, -0.2) is 12.8 Å². The van der Waals surface area contributed by atoms with Gasteiger partial charge < -0.3 is 5.32 Å². The first kappa shape index (κ1) is 19.6. The third kappa shape index (κ3) is 4.67. The smallest absolute Gasteiger partial charge is 0.271 e. The van der Waals surface area contributed by atoms with E-state index in [0.29, 0.717) is 4.31 Å². The highest BCUT2D eigenvalue weighted by Gasteiger charge is 2.24. The first-order chi connectivity index (χ1) is 12.1. The zero-order valence-electron chi connectivity index (χ0n) is 13.3. The predicted octanol–water partition coefficient (Wildman–Crippen LogP) is 2.79. The zero-order valence-corrected chi connectivity index (χ0v) is 14.9. The topological polar surface area (TPSA) is 110 Å². The number of rotatable bonds is 6. The van der Waals surface area contributed by atoms with Crippen molar-refractivity contribution in [3.63, 3.8) is 0 Å². The van der Waals surface area contributed by atoms with Gasteiger partial charge in [0.25, 0.3) is 5.69 Å². The fourth-order valence-electron chi connectivity index (χ4n) is 2.08. The summed E-state index contributed by atoms with van der Waals surface area (Å²) >= 11 is 5.88. The predicted molar refractivity (Wildman–Crippen MR) is 95.3 cm³/mol. The Kier molecular flexibility index (Phi) is 5.78. The Morgan fingerprint density at radius 3 is 2.54 bits per heavy atom. The molecule has 0 aromatic heterocycles. The number of amides is 1. The van der Waals surface area contributed by atoms with Gasteiger partial charge in [-0.2, -0.15) is 0 Å². The van der Waals surface area contributed by atoms with Gasteiger partial charge in [-0.3, -0.25) is 19.2 Å². The highest BCUT2D eigenvalue weighted by Crippen LogP contribution is 2.27. The summed E-state index contributed by atoms with van der Waals surface area (Å²) in [7, 11) is -3.97. The summed E-state index contributed by atoms with van der Waals surface area (Å²) in [6, 6.07) is 8.48. The lowest BCUT2D eigenvalue weighted by atomic mass is 10.2. The van der Waals surface area contributed by atoms with Crippen LogP contribution in [0.15, 0.2) is 42.5 Å². The van der Waals surface area contributed by atoms with E-state index in [2.05, 4.69) is 5.32 Å². The van der Waals surface area contributed by atoms with Gasteiger partial charge in [0.1, 0.15) is 12.4 Å². The number of nitrogens with zero attached hydrogens (tertiary/aromatic N) is 2. The van der Waals surface area contributed by atoms with E-state index < -0.39 is 33.2 Å². The van der Waals surface area contributed by atoms with Gasteiger partial charge in [0.2, 0.25) is 15.9 Å². The summed E-state index contributed by atoms with van der Waals surface area (Å²) in [6.07, 6.45) is 0.826. The third-order valence-corrected chi connectivity index (χ3v) is 4.70. The Labute approximate surface area is 153 Å². The molecule has 26 heavy (non-hydrogen) atoms. The molecule has 0 heterocycles. The lowest BCUT2D eigenvalue weighted by molar-refractivity contribution is -0.384. The molecule has 2 aromatic carbocycles. The van der Waals surface area contributed by atoms with E-state index in [9.17, 15) is 27.7 Å². The minimum absolute atomic E-state index is 0.0285. The second-order valence-corrected chi connectivity index (χ2v) is 7.50. The summed E-state index contributed by atoms with van der Waals surface area (Å²) in [5.74, 6) is -1.67. The maximum absolute atomic E-state index is 13.9. The second-order valence-electron chi connectivity index (χ2n) is 5.19. The van der Waals surface area contributed by atoms with Gasteiger partial charge in [-0.05, 0) is 18.2 Å². The molecule has 0 fully saturated rings. The molecule has 138 valence electrons. The molecule has 8 nitrogen and oxygen atoms in total. The lowest BCUT2D eigenvalue weighted by Crippen LogP contribution is -2.38. The molecule has 0 saturated heterocycles. The maximum atomic E-state index is 13.9. The lowest BCUT2D eigenvalue weighted by Gasteiger charge is -2.22. The zero-order chi connectivity index (χ0) is 19.5. The number of benzene rings is 2. The molecular weight excluding hydrogens is 389 g/mol. The van der Waals surface area contributed by atoms with Crippen molar-refractivity contribution < 1.29 is 22.5 Å². The van der Waals surface area contributed by atoms with Crippen molar-refractivity contribution >= 4 is 44.6 Å². The van der Waals surface area contributed by atoms with Crippen LogP contribution in [0.25, 0.3) is 0 Å². The quantitative estimate of drug-likeness (QED) is 0.591. The number of nitrogens with one attached hydrogen (secondary N) is 1. The number of nitro benzene ring substituents is 1. The monoisotopic (exact) mass is 401 g/mol. The number of halogens is 2. The molecule has 0 aliphatic rings. The van der Waals surface area contributed by atoms with Crippen LogP contribution in [0.4, 0.5) is 21.5 Å². The molecule has 0 unspecified atom stereocenters. The average Bonchev–Trinajstić information content (AvgIpc) is 2.54. The molecule has 2 rings (SSSR count). The molecule has 2 aromatic rings. The van der Waals surface area contributed by atoms with Gasteiger partial charge >= 0.3 is 0 Å². The molecule has 0 atom stereocenters.